The Morgan fingerprint density at radius 1 is 1.44 bits per heavy atom. The fraction of sp³-hybridized carbons (Fsp3) is 0.667. The standard InChI is InChI=1S/C3H5ClO.Cl3GeH/c1-2-3(4)5;1-4(2)3/h2H2,1H3;4H. The molecule has 0 fully saturated rings. The molecule has 0 bridgehead atoms. The van der Waals surface area contributed by atoms with Gasteiger partial charge in [-0.3, -0.25) is 4.79 Å². The van der Waals surface area contributed by atoms with Gasteiger partial charge in [-0.05, 0) is 11.6 Å². The van der Waals surface area contributed by atoms with Gasteiger partial charge in [0.1, 0.15) is 0 Å². The number of carbonyl (C=O) groups is 1. The van der Waals surface area contributed by atoms with Crippen LogP contribution < -0.4 is 0 Å². The van der Waals surface area contributed by atoms with Crippen molar-refractivity contribution in [2.45, 2.75) is 13.3 Å². The van der Waals surface area contributed by atoms with Gasteiger partial charge in [0.2, 0.25) is 5.24 Å². The second-order valence-electron chi connectivity index (χ2n) is 0.956. The second-order valence-corrected chi connectivity index (χ2v) is 12.7. The van der Waals surface area contributed by atoms with E-state index < -0.39 is 11.6 Å². The van der Waals surface area contributed by atoms with Gasteiger partial charge in [0.05, 0.1) is 0 Å². The minimum atomic E-state index is -2.06. The van der Waals surface area contributed by atoms with Gasteiger partial charge in [0.25, 0.3) is 0 Å². The monoisotopic (exact) mass is 272 g/mol. The minimum absolute atomic E-state index is 0.273. The third kappa shape index (κ3) is 44.8. The Morgan fingerprint density at radius 2 is 1.56 bits per heavy atom. The number of halogens is 4. The number of hydrogen-bond acceptors (Lipinski definition) is 1. The average molecular weight is 273 g/mol. The van der Waals surface area contributed by atoms with E-state index in [1.54, 1.807) is 6.92 Å². The summed E-state index contributed by atoms with van der Waals surface area (Å²) < 4.78 is 0. The first-order valence-corrected chi connectivity index (χ1v) is 12.0. The molecule has 1 nitrogen and oxygen atoms in total. The Morgan fingerprint density at radius 3 is 1.56 bits per heavy atom. The zero-order valence-electron chi connectivity index (χ0n) is 4.70. The fourth-order valence-corrected chi connectivity index (χ4v) is 0. The Bertz CT molecular complexity index is 73.5. The zero-order chi connectivity index (χ0) is 7.86. The SMILES string of the molecule is CCC(=O)Cl.[Cl][GeH]([Cl])[Cl]. The van der Waals surface area contributed by atoms with Gasteiger partial charge in [-0.1, -0.05) is 6.92 Å². The molecule has 9 heavy (non-hydrogen) atoms. The maximum absolute atomic E-state index is 9.58. The molecular weight excluding hydrogens is 266 g/mol. The van der Waals surface area contributed by atoms with E-state index in [4.69, 9.17) is 41.6 Å². The molecule has 0 aliphatic heterocycles. The van der Waals surface area contributed by atoms with Crippen LogP contribution in [0.25, 0.3) is 0 Å². The van der Waals surface area contributed by atoms with Crippen LogP contribution in [0.2, 0.25) is 0 Å². The average Bonchev–Trinajstić information content (AvgIpc) is 1.65. The predicted octanol–water partition coefficient (Wildman–Crippen LogP) is 2.58. The fourth-order valence-electron chi connectivity index (χ4n) is 0. The van der Waals surface area contributed by atoms with E-state index in [-0.39, 0.29) is 5.24 Å². The second kappa shape index (κ2) is 9.37. The maximum atomic E-state index is 9.58. The normalized spacial score (nSPS) is 8.22. The van der Waals surface area contributed by atoms with Crippen molar-refractivity contribution in [2.24, 2.45) is 0 Å². The summed E-state index contributed by atoms with van der Waals surface area (Å²) in [5, 5.41) is -0.273. The molecule has 0 aromatic rings. The zero-order valence-corrected chi connectivity index (χ0v) is 10.2. The van der Waals surface area contributed by atoms with E-state index in [1.165, 1.54) is 0 Å². The van der Waals surface area contributed by atoms with Crippen molar-refractivity contribution >= 4 is 58.4 Å². The molecule has 0 aromatic carbocycles. The number of rotatable bonds is 1. The van der Waals surface area contributed by atoms with Crippen molar-refractivity contribution < 1.29 is 4.79 Å². The molecule has 6 heteroatoms. The van der Waals surface area contributed by atoms with Crippen LogP contribution in [0.4, 0.5) is 0 Å². The summed E-state index contributed by atoms with van der Waals surface area (Å²) in [6.45, 7) is 1.72. The van der Waals surface area contributed by atoms with E-state index in [9.17, 15) is 4.79 Å². The number of carbonyl (C=O) groups excluding carboxylic acids is 1. The van der Waals surface area contributed by atoms with Gasteiger partial charge < -0.3 is 0 Å². The van der Waals surface area contributed by atoms with E-state index in [0.29, 0.717) is 6.42 Å². The topological polar surface area (TPSA) is 17.1 Å². The molecule has 0 unspecified atom stereocenters. The molecule has 0 heterocycles. The van der Waals surface area contributed by atoms with Crippen LogP contribution in [0.5, 0.6) is 0 Å². The molecule has 0 radical (unpaired) electrons. The Kier molecular flexibility index (Phi) is 13.5. The van der Waals surface area contributed by atoms with Gasteiger partial charge in [-0.25, -0.2) is 0 Å². The molecule has 0 atom stereocenters. The first kappa shape index (κ1) is 13.0. The van der Waals surface area contributed by atoms with Crippen LogP contribution in [0.3, 0.4) is 0 Å². The third-order valence-electron chi connectivity index (χ3n) is 0.278. The van der Waals surface area contributed by atoms with E-state index in [0.717, 1.165) is 0 Å². The van der Waals surface area contributed by atoms with Crippen molar-refractivity contribution in [2.75, 3.05) is 0 Å². The van der Waals surface area contributed by atoms with Gasteiger partial charge in [-0.2, -0.15) is 0 Å². The summed E-state index contributed by atoms with van der Waals surface area (Å²) in [4.78, 5) is 9.58. The van der Waals surface area contributed by atoms with Gasteiger partial charge in [-0.15, -0.1) is 0 Å². The van der Waals surface area contributed by atoms with Crippen LogP contribution >= 0.6 is 41.6 Å². The summed E-state index contributed by atoms with van der Waals surface area (Å²) in [6, 6.07) is 0. The quantitative estimate of drug-likeness (QED) is 0.530. The van der Waals surface area contributed by atoms with Crippen LogP contribution in [0.15, 0.2) is 0 Å². The Hall–Kier alpha value is 1.37. The third-order valence-corrected chi connectivity index (χ3v) is 0.545. The van der Waals surface area contributed by atoms with Crippen molar-refractivity contribution in [3.63, 3.8) is 0 Å². The predicted molar refractivity (Wildman–Crippen MR) is 45.9 cm³/mol. The molecule has 56 valence electrons. The molecule has 0 aliphatic rings. The van der Waals surface area contributed by atoms with Crippen LogP contribution in [0, 0.1) is 0 Å². The van der Waals surface area contributed by atoms with Crippen molar-refractivity contribution in [3.05, 3.63) is 0 Å². The van der Waals surface area contributed by atoms with Crippen molar-refractivity contribution in [1.82, 2.24) is 0 Å². The summed E-state index contributed by atoms with van der Waals surface area (Å²) in [7, 11) is 15.0. The molecule has 0 amide bonds. The van der Waals surface area contributed by atoms with Crippen molar-refractivity contribution in [1.29, 1.82) is 0 Å². The molecule has 0 aliphatic carbocycles. The molecule has 0 saturated carbocycles. The molecule has 0 spiro atoms. The molecule has 0 aromatic heterocycles. The van der Waals surface area contributed by atoms with Crippen LogP contribution in [0.1, 0.15) is 13.3 Å². The van der Waals surface area contributed by atoms with E-state index in [1.807, 2.05) is 0 Å². The van der Waals surface area contributed by atoms with Gasteiger partial charge in [0, 0.05) is 6.42 Å². The molecule has 0 saturated heterocycles. The van der Waals surface area contributed by atoms with Gasteiger partial charge >= 0.3 is 41.6 Å². The van der Waals surface area contributed by atoms with E-state index >= 15 is 0 Å². The van der Waals surface area contributed by atoms with Crippen LogP contribution in [-0.4, -0.2) is 16.8 Å². The summed E-state index contributed by atoms with van der Waals surface area (Å²) in [5.41, 5.74) is 0. The first-order valence-electron chi connectivity index (χ1n) is 2.11. The summed E-state index contributed by atoms with van der Waals surface area (Å²) in [6.07, 6.45) is 0.432. The first-order chi connectivity index (χ1) is 4.00. The van der Waals surface area contributed by atoms with E-state index in [2.05, 4.69) is 0 Å². The molecule has 0 rings (SSSR count). The Labute approximate surface area is 76.3 Å². The van der Waals surface area contributed by atoms with Crippen LogP contribution in [-0.2, 0) is 4.79 Å². The molecule has 0 N–H and O–H groups in total. The van der Waals surface area contributed by atoms with Gasteiger partial charge in [0.15, 0.2) is 0 Å². The molecular formula is C3H6Cl4GeO. The van der Waals surface area contributed by atoms with Crippen molar-refractivity contribution in [3.8, 4) is 0 Å². The number of hydrogen-bond donors (Lipinski definition) is 0. The summed E-state index contributed by atoms with van der Waals surface area (Å²) in [5.74, 6) is 0. The Balaban J connectivity index is 0. The summed E-state index contributed by atoms with van der Waals surface area (Å²) >= 11 is 2.76.